The van der Waals surface area contributed by atoms with Gasteiger partial charge in [0, 0.05) is 35.6 Å². The van der Waals surface area contributed by atoms with Crippen LogP contribution in [0, 0.1) is 5.82 Å². The molecule has 1 aromatic heterocycles. The number of piperidine rings is 1. The predicted molar refractivity (Wildman–Crippen MR) is 133 cm³/mol. The van der Waals surface area contributed by atoms with E-state index in [1.54, 1.807) is 53.4 Å². The van der Waals surface area contributed by atoms with E-state index >= 15 is 0 Å². The number of carbonyl (C=O) groups is 1. The number of nitrogens with one attached hydrogen (secondary N) is 1. The predicted octanol–water partition coefficient (Wildman–Crippen LogP) is 4.41. The van der Waals surface area contributed by atoms with Gasteiger partial charge in [0.1, 0.15) is 11.5 Å². The Morgan fingerprint density at radius 3 is 2.31 bits per heavy atom. The Morgan fingerprint density at radius 1 is 0.914 bits per heavy atom. The fraction of sp³-hybridized carbons (Fsp3) is 0.222. The van der Waals surface area contributed by atoms with Crippen molar-refractivity contribution in [2.75, 3.05) is 13.1 Å². The Kier molecular flexibility index (Phi) is 6.40. The summed E-state index contributed by atoms with van der Waals surface area (Å²) in [6.45, 7) is 1.11. The molecular formula is C27H26FN3O3S. The molecule has 0 aliphatic carbocycles. The molecule has 0 unspecified atom stereocenters. The van der Waals surface area contributed by atoms with Crippen LogP contribution < -0.4 is 4.72 Å². The van der Waals surface area contributed by atoms with Crippen LogP contribution in [-0.4, -0.2) is 42.9 Å². The minimum absolute atomic E-state index is 0.137. The highest BCUT2D eigenvalue weighted by molar-refractivity contribution is 7.89. The summed E-state index contributed by atoms with van der Waals surface area (Å²) in [5.41, 5.74) is 1.87. The smallest absolute Gasteiger partial charge is 0.270 e. The van der Waals surface area contributed by atoms with E-state index in [2.05, 4.69) is 4.72 Å². The van der Waals surface area contributed by atoms with Crippen LogP contribution in [0.1, 0.15) is 28.9 Å². The summed E-state index contributed by atoms with van der Waals surface area (Å²) < 4.78 is 44.4. The van der Waals surface area contributed by atoms with Crippen molar-refractivity contribution in [1.29, 1.82) is 0 Å². The van der Waals surface area contributed by atoms with Crippen molar-refractivity contribution in [1.82, 2.24) is 14.2 Å². The molecule has 6 nitrogen and oxygen atoms in total. The first-order chi connectivity index (χ1) is 16.9. The molecular weight excluding hydrogens is 465 g/mol. The number of nitrogens with zero attached hydrogens (tertiary/aromatic N) is 2. The summed E-state index contributed by atoms with van der Waals surface area (Å²) >= 11 is 0. The van der Waals surface area contributed by atoms with Gasteiger partial charge in [-0.25, -0.2) is 17.5 Å². The zero-order valence-electron chi connectivity index (χ0n) is 19.1. The summed E-state index contributed by atoms with van der Waals surface area (Å²) in [6.07, 6.45) is 1.04. The van der Waals surface area contributed by atoms with E-state index in [-0.39, 0.29) is 29.2 Å². The maximum atomic E-state index is 14.4. The highest BCUT2D eigenvalue weighted by atomic mass is 32.2. The Balaban J connectivity index is 1.34. The third-order valence-corrected chi connectivity index (χ3v) is 8.01. The van der Waals surface area contributed by atoms with Crippen LogP contribution in [0.3, 0.4) is 0 Å². The number of carbonyl (C=O) groups excluding carboxylic acids is 1. The Morgan fingerprint density at radius 2 is 1.57 bits per heavy atom. The zero-order chi connectivity index (χ0) is 24.4. The van der Waals surface area contributed by atoms with Gasteiger partial charge in [0.05, 0.1) is 11.4 Å². The standard InChI is InChI=1S/C27H26FN3O3S/c28-24-12-6-4-9-21(24)19-31-25-13-7-5-8-20(25)18-26(31)27(32)30-16-14-22(15-17-30)29-35(33,34)23-10-2-1-3-11-23/h1-13,18,22,29H,14-17,19H2. The van der Waals surface area contributed by atoms with Crippen LogP contribution >= 0.6 is 0 Å². The van der Waals surface area contributed by atoms with Crippen molar-refractivity contribution < 1.29 is 17.6 Å². The summed E-state index contributed by atoms with van der Waals surface area (Å²) in [4.78, 5) is 15.5. The molecule has 1 aliphatic heterocycles. The molecule has 0 spiro atoms. The number of rotatable bonds is 6. The molecule has 0 atom stereocenters. The average molecular weight is 492 g/mol. The van der Waals surface area contributed by atoms with Crippen molar-refractivity contribution in [3.05, 3.63) is 102 Å². The lowest BCUT2D eigenvalue weighted by molar-refractivity contribution is 0.0701. The molecule has 0 saturated carbocycles. The average Bonchev–Trinajstić information content (AvgIpc) is 3.24. The lowest BCUT2D eigenvalue weighted by Gasteiger charge is -2.32. The first-order valence-electron chi connectivity index (χ1n) is 11.6. The largest absolute Gasteiger partial charge is 0.337 e. The third kappa shape index (κ3) is 4.85. The van der Waals surface area contributed by atoms with Gasteiger partial charge in [0.2, 0.25) is 10.0 Å². The third-order valence-electron chi connectivity index (χ3n) is 6.47. The van der Waals surface area contributed by atoms with Crippen molar-refractivity contribution >= 4 is 26.8 Å². The lowest BCUT2D eigenvalue weighted by Crippen LogP contribution is -2.46. The molecule has 1 saturated heterocycles. The number of likely N-dealkylation sites (tertiary alicyclic amines) is 1. The topological polar surface area (TPSA) is 71.4 Å². The summed E-state index contributed by atoms with van der Waals surface area (Å²) in [5, 5.41) is 0.915. The van der Waals surface area contributed by atoms with Crippen LogP contribution in [0.4, 0.5) is 4.39 Å². The lowest BCUT2D eigenvalue weighted by atomic mass is 10.1. The molecule has 0 bridgehead atoms. The quantitative estimate of drug-likeness (QED) is 0.434. The van der Waals surface area contributed by atoms with E-state index in [0.29, 0.717) is 37.2 Å². The van der Waals surface area contributed by atoms with Gasteiger partial charge in [0.25, 0.3) is 5.91 Å². The number of hydrogen-bond donors (Lipinski definition) is 1. The van der Waals surface area contributed by atoms with Crippen LogP contribution in [-0.2, 0) is 16.6 Å². The normalized spacial score (nSPS) is 14.9. The molecule has 1 amide bonds. The number of aromatic nitrogens is 1. The van der Waals surface area contributed by atoms with E-state index < -0.39 is 10.0 Å². The van der Waals surface area contributed by atoms with Crippen molar-refractivity contribution in [3.63, 3.8) is 0 Å². The second-order valence-electron chi connectivity index (χ2n) is 8.77. The monoisotopic (exact) mass is 491 g/mol. The van der Waals surface area contributed by atoms with E-state index in [4.69, 9.17) is 0 Å². The highest BCUT2D eigenvalue weighted by Gasteiger charge is 2.29. The molecule has 0 radical (unpaired) electrons. The molecule has 1 aliphatic rings. The molecule has 1 N–H and O–H groups in total. The van der Waals surface area contributed by atoms with Gasteiger partial charge in [-0.15, -0.1) is 0 Å². The number of fused-ring (bicyclic) bond motifs is 1. The molecule has 35 heavy (non-hydrogen) atoms. The fourth-order valence-corrected chi connectivity index (χ4v) is 5.93. The van der Waals surface area contributed by atoms with Gasteiger partial charge in [-0.1, -0.05) is 54.6 Å². The first kappa shape index (κ1) is 23.3. The number of halogens is 1. The van der Waals surface area contributed by atoms with Crippen molar-refractivity contribution in [2.24, 2.45) is 0 Å². The van der Waals surface area contributed by atoms with Gasteiger partial charge in [-0.2, -0.15) is 0 Å². The second kappa shape index (κ2) is 9.64. The van der Waals surface area contributed by atoms with Crippen molar-refractivity contribution in [2.45, 2.75) is 30.3 Å². The van der Waals surface area contributed by atoms with Crippen LogP contribution in [0.15, 0.2) is 89.8 Å². The summed E-state index contributed by atoms with van der Waals surface area (Å²) in [5.74, 6) is -0.447. The first-order valence-corrected chi connectivity index (χ1v) is 13.1. The molecule has 8 heteroatoms. The van der Waals surface area contributed by atoms with Gasteiger partial charge < -0.3 is 9.47 Å². The van der Waals surface area contributed by atoms with Crippen LogP contribution in [0.5, 0.6) is 0 Å². The van der Waals surface area contributed by atoms with Crippen LogP contribution in [0.2, 0.25) is 0 Å². The van der Waals surface area contributed by atoms with E-state index in [9.17, 15) is 17.6 Å². The fourth-order valence-electron chi connectivity index (χ4n) is 4.60. The second-order valence-corrected chi connectivity index (χ2v) is 10.5. The molecule has 3 aromatic carbocycles. The minimum Gasteiger partial charge on any atom is -0.337 e. The van der Waals surface area contributed by atoms with E-state index in [0.717, 1.165) is 10.9 Å². The summed E-state index contributed by atoms with van der Waals surface area (Å²) in [7, 11) is -3.61. The molecule has 180 valence electrons. The van der Waals surface area contributed by atoms with Crippen molar-refractivity contribution in [3.8, 4) is 0 Å². The Bertz CT molecular complexity index is 1460. The highest BCUT2D eigenvalue weighted by Crippen LogP contribution is 2.25. The van der Waals surface area contributed by atoms with Gasteiger partial charge in [-0.3, -0.25) is 4.79 Å². The SMILES string of the molecule is O=C(c1cc2ccccc2n1Cc1ccccc1F)N1CCC(NS(=O)(=O)c2ccccc2)CC1. The number of hydrogen-bond acceptors (Lipinski definition) is 3. The van der Waals surface area contributed by atoms with Gasteiger partial charge >= 0.3 is 0 Å². The Labute approximate surface area is 204 Å². The molecule has 5 rings (SSSR count). The number of para-hydroxylation sites is 1. The number of sulfonamides is 1. The summed E-state index contributed by atoms with van der Waals surface area (Å²) in [6, 6.07) is 24.1. The number of benzene rings is 3. The van der Waals surface area contributed by atoms with E-state index in [1.165, 1.54) is 6.07 Å². The minimum atomic E-state index is -3.61. The maximum Gasteiger partial charge on any atom is 0.270 e. The maximum absolute atomic E-state index is 14.4. The molecule has 2 heterocycles. The number of amides is 1. The molecule has 1 fully saturated rings. The molecule has 4 aromatic rings. The van der Waals surface area contributed by atoms with Gasteiger partial charge in [0.15, 0.2) is 0 Å². The van der Waals surface area contributed by atoms with Crippen LogP contribution in [0.25, 0.3) is 10.9 Å². The Hall–Kier alpha value is -3.49. The van der Waals surface area contributed by atoms with E-state index in [1.807, 2.05) is 34.9 Å². The zero-order valence-corrected chi connectivity index (χ0v) is 19.9. The van der Waals surface area contributed by atoms with Gasteiger partial charge in [-0.05, 0) is 43.2 Å².